The highest BCUT2D eigenvalue weighted by atomic mass is 16.4. The van der Waals surface area contributed by atoms with E-state index in [-0.39, 0.29) is 25.1 Å². The van der Waals surface area contributed by atoms with Crippen molar-refractivity contribution < 1.29 is 34.5 Å². The molecule has 5 unspecified atom stereocenters. The fraction of sp³-hybridized carbons (Fsp3) is 0.458. The molecule has 1 fully saturated rings. The Labute approximate surface area is 213 Å². The Morgan fingerprint density at radius 2 is 1.89 bits per heavy atom. The van der Waals surface area contributed by atoms with Crippen molar-refractivity contribution in [1.29, 1.82) is 0 Å². The quantitative estimate of drug-likeness (QED) is 0.188. The SMILES string of the molecule is CC(O)C(NC(=O)C(N)Cc1cnc[nH]1)C(=O)N1CCCC1C(=O)NC(Cc1ccc(O)cc1)C(=O)O. The molecular formula is C24H32N6O7. The zero-order valence-corrected chi connectivity index (χ0v) is 20.3. The average molecular weight is 517 g/mol. The standard InChI is InChI=1S/C24H32N6O7/c1-13(31)20(29-21(33)17(25)10-15-11-26-12-27-15)23(35)30-8-2-3-19(30)22(34)28-18(24(36)37)9-14-4-6-16(32)7-5-14/h4-7,11-13,17-20,31-32H,2-3,8-10,25H2,1H3,(H,26,27)(H,28,34)(H,29,33)(H,36,37). The molecule has 2 aromatic rings. The maximum Gasteiger partial charge on any atom is 0.326 e. The van der Waals surface area contributed by atoms with Crippen LogP contribution in [0.4, 0.5) is 0 Å². The highest BCUT2D eigenvalue weighted by molar-refractivity contribution is 5.94. The fourth-order valence-corrected chi connectivity index (χ4v) is 4.19. The number of aliphatic hydroxyl groups is 1. The number of aromatic nitrogens is 2. The number of aliphatic carboxylic acids is 1. The number of nitrogens with one attached hydrogen (secondary N) is 3. The van der Waals surface area contributed by atoms with Crippen LogP contribution in [0.5, 0.6) is 5.75 Å². The van der Waals surface area contributed by atoms with E-state index in [0.717, 1.165) is 0 Å². The summed E-state index contributed by atoms with van der Waals surface area (Å²) in [6.07, 6.45) is 2.58. The lowest BCUT2D eigenvalue weighted by atomic mass is 10.0. The van der Waals surface area contributed by atoms with Crippen LogP contribution in [0.2, 0.25) is 0 Å². The summed E-state index contributed by atoms with van der Waals surface area (Å²) in [6.45, 7) is 1.54. The van der Waals surface area contributed by atoms with Gasteiger partial charge < -0.3 is 41.6 Å². The number of nitrogens with zero attached hydrogens (tertiary/aromatic N) is 2. The summed E-state index contributed by atoms with van der Waals surface area (Å²) >= 11 is 0. The van der Waals surface area contributed by atoms with E-state index in [4.69, 9.17) is 5.73 Å². The Morgan fingerprint density at radius 3 is 2.49 bits per heavy atom. The molecule has 1 aliphatic heterocycles. The second-order valence-electron chi connectivity index (χ2n) is 9.07. The average Bonchev–Trinajstić information content (AvgIpc) is 3.55. The van der Waals surface area contributed by atoms with E-state index in [1.54, 1.807) is 12.1 Å². The molecule has 0 bridgehead atoms. The number of aliphatic hydroxyl groups excluding tert-OH is 1. The number of hydrogen-bond donors (Lipinski definition) is 7. The maximum atomic E-state index is 13.3. The van der Waals surface area contributed by atoms with Crippen molar-refractivity contribution in [3.8, 4) is 5.75 Å². The Bertz CT molecular complexity index is 1090. The summed E-state index contributed by atoms with van der Waals surface area (Å²) < 4.78 is 0. The van der Waals surface area contributed by atoms with E-state index >= 15 is 0 Å². The molecule has 1 aromatic heterocycles. The minimum atomic E-state index is -1.35. The molecule has 13 heteroatoms. The molecule has 3 amide bonds. The van der Waals surface area contributed by atoms with Gasteiger partial charge in [-0.05, 0) is 37.5 Å². The van der Waals surface area contributed by atoms with Crippen molar-refractivity contribution in [2.45, 2.75) is 62.9 Å². The smallest absolute Gasteiger partial charge is 0.326 e. The van der Waals surface area contributed by atoms with Crippen LogP contribution in [0.1, 0.15) is 31.0 Å². The Kier molecular flexibility index (Phi) is 9.20. The number of carboxylic acids is 1. The first-order valence-electron chi connectivity index (χ1n) is 11.9. The monoisotopic (exact) mass is 516 g/mol. The molecule has 0 spiro atoms. The maximum absolute atomic E-state index is 13.3. The van der Waals surface area contributed by atoms with Gasteiger partial charge in [-0.2, -0.15) is 0 Å². The molecule has 1 saturated heterocycles. The van der Waals surface area contributed by atoms with Crippen LogP contribution < -0.4 is 16.4 Å². The molecule has 0 saturated carbocycles. The van der Waals surface area contributed by atoms with E-state index in [9.17, 15) is 34.5 Å². The molecule has 37 heavy (non-hydrogen) atoms. The van der Waals surface area contributed by atoms with Gasteiger partial charge in [-0.25, -0.2) is 9.78 Å². The molecule has 2 heterocycles. The molecule has 200 valence electrons. The number of benzene rings is 1. The van der Waals surface area contributed by atoms with Crippen LogP contribution >= 0.6 is 0 Å². The summed E-state index contributed by atoms with van der Waals surface area (Å²) in [5.41, 5.74) is 7.16. The normalized spacial score (nSPS) is 18.5. The van der Waals surface area contributed by atoms with Gasteiger partial charge in [0.2, 0.25) is 17.7 Å². The van der Waals surface area contributed by atoms with E-state index in [2.05, 4.69) is 20.6 Å². The van der Waals surface area contributed by atoms with Gasteiger partial charge in [0.25, 0.3) is 0 Å². The molecule has 5 atom stereocenters. The third-order valence-corrected chi connectivity index (χ3v) is 6.21. The summed E-state index contributed by atoms with van der Waals surface area (Å²) in [7, 11) is 0. The van der Waals surface area contributed by atoms with Crippen molar-refractivity contribution in [2.24, 2.45) is 5.73 Å². The summed E-state index contributed by atoms with van der Waals surface area (Å²) in [6, 6.07) is 1.35. The van der Waals surface area contributed by atoms with Crippen LogP contribution in [-0.2, 0) is 32.0 Å². The lowest BCUT2D eigenvalue weighted by Gasteiger charge is -2.31. The molecule has 0 aliphatic carbocycles. The number of aromatic amines is 1. The minimum absolute atomic E-state index is 0.0252. The zero-order chi connectivity index (χ0) is 27.1. The third kappa shape index (κ3) is 7.27. The van der Waals surface area contributed by atoms with Crippen LogP contribution in [0.25, 0.3) is 0 Å². The lowest BCUT2D eigenvalue weighted by molar-refractivity contribution is -0.146. The van der Waals surface area contributed by atoms with Crippen LogP contribution in [-0.4, -0.2) is 90.7 Å². The number of carbonyl (C=O) groups excluding carboxylic acids is 3. The fourth-order valence-electron chi connectivity index (χ4n) is 4.19. The Morgan fingerprint density at radius 1 is 1.19 bits per heavy atom. The first-order chi connectivity index (χ1) is 17.6. The van der Waals surface area contributed by atoms with Gasteiger partial charge in [0.15, 0.2) is 0 Å². The predicted octanol–water partition coefficient (Wildman–Crippen LogP) is -1.35. The van der Waals surface area contributed by atoms with Gasteiger partial charge in [-0.3, -0.25) is 14.4 Å². The van der Waals surface area contributed by atoms with Crippen LogP contribution in [0.3, 0.4) is 0 Å². The Balaban J connectivity index is 1.66. The van der Waals surface area contributed by atoms with Gasteiger partial charge in [-0.15, -0.1) is 0 Å². The van der Waals surface area contributed by atoms with E-state index in [1.807, 2.05) is 0 Å². The number of hydrogen-bond acceptors (Lipinski definition) is 8. The number of carboxylic acid groups (broad SMARTS) is 1. The molecule has 0 radical (unpaired) electrons. The summed E-state index contributed by atoms with van der Waals surface area (Å²) in [4.78, 5) is 58.7. The van der Waals surface area contributed by atoms with Gasteiger partial charge in [0.05, 0.1) is 18.5 Å². The summed E-state index contributed by atoms with van der Waals surface area (Å²) in [5.74, 6) is -3.20. The van der Waals surface area contributed by atoms with Gasteiger partial charge >= 0.3 is 5.97 Å². The number of phenolic OH excluding ortho intramolecular Hbond substituents is 1. The Hall–Kier alpha value is -3.97. The highest BCUT2D eigenvalue weighted by Crippen LogP contribution is 2.20. The molecule has 3 rings (SSSR count). The van der Waals surface area contributed by atoms with Crippen molar-refractivity contribution in [2.75, 3.05) is 6.54 Å². The number of imidazole rings is 1. The van der Waals surface area contributed by atoms with Crippen molar-refractivity contribution in [1.82, 2.24) is 25.5 Å². The number of carbonyl (C=O) groups is 4. The predicted molar refractivity (Wildman–Crippen MR) is 130 cm³/mol. The van der Waals surface area contributed by atoms with Gasteiger partial charge in [0, 0.05) is 31.3 Å². The first kappa shape index (κ1) is 27.6. The number of phenols is 1. The number of amides is 3. The molecule has 8 N–H and O–H groups in total. The number of aromatic hydroxyl groups is 1. The van der Waals surface area contributed by atoms with Crippen molar-refractivity contribution >= 4 is 23.7 Å². The largest absolute Gasteiger partial charge is 0.508 e. The molecular weight excluding hydrogens is 484 g/mol. The third-order valence-electron chi connectivity index (χ3n) is 6.21. The minimum Gasteiger partial charge on any atom is -0.508 e. The van der Waals surface area contributed by atoms with Crippen LogP contribution in [0.15, 0.2) is 36.8 Å². The zero-order valence-electron chi connectivity index (χ0n) is 20.3. The van der Waals surface area contributed by atoms with Crippen molar-refractivity contribution in [3.63, 3.8) is 0 Å². The lowest BCUT2D eigenvalue weighted by Crippen LogP contribution is -2.59. The van der Waals surface area contributed by atoms with Gasteiger partial charge in [0.1, 0.15) is 23.9 Å². The van der Waals surface area contributed by atoms with Crippen molar-refractivity contribution in [3.05, 3.63) is 48.0 Å². The number of likely N-dealkylation sites (tertiary alicyclic amines) is 1. The van der Waals surface area contributed by atoms with E-state index in [0.29, 0.717) is 24.1 Å². The second kappa shape index (κ2) is 12.3. The number of nitrogens with two attached hydrogens (primary N) is 1. The second-order valence-corrected chi connectivity index (χ2v) is 9.07. The van der Waals surface area contributed by atoms with Gasteiger partial charge in [-0.1, -0.05) is 12.1 Å². The number of H-pyrrole nitrogens is 1. The first-order valence-corrected chi connectivity index (χ1v) is 11.9. The topological polar surface area (TPSA) is 211 Å². The molecule has 1 aromatic carbocycles. The molecule has 13 nitrogen and oxygen atoms in total. The number of rotatable bonds is 11. The van der Waals surface area contributed by atoms with E-state index in [1.165, 1.54) is 36.5 Å². The highest BCUT2D eigenvalue weighted by Gasteiger charge is 2.40. The summed E-state index contributed by atoms with van der Waals surface area (Å²) in [5, 5.41) is 34.2. The van der Waals surface area contributed by atoms with E-state index < -0.39 is 54.0 Å². The van der Waals surface area contributed by atoms with Crippen LogP contribution in [0, 0.1) is 0 Å². The molecule has 1 aliphatic rings.